The lowest BCUT2D eigenvalue weighted by Gasteiger charge is -2.00. The summed E-state index contributed by atoms with van der Waals surface area (Å²) in [5.74, 6) is 0.463. The van der Waals surface area contributed by atoms with Gasteiger partial charge in [0.1, 0.15) is 5.82 Å². The SMILES string of the molecule is CC.CC(C)N=C/C=C(\N)c1ccnc(N)c1. The zero-order valence-electron chi connectivity index (χ0n) is 11.0. The second-order valence-corrected chi connectivity index (χ2v) is 3.48. The van der Waals surface area contributed by atoms with Crippen LogP contribution in [0.3, 0.4) is 0 Å². The number of aliphatic imine (C=N–C) groups is 1. The van der Waals surface area contributed by atoms with E-state index in [0.29, 0.717) is 11.5 Å². The van der Waals surface area contributed by atoms with E-state index in [4.69, 9.17) is 11.5 Å². The predicted molar refractivity (Wildman–Crippen MR) is 75.8 cm³/mol. The summed E-state index contributed by atoms with van der Waals surface area (Å²) in [6, 6.07) is 3.82. The zero-order valence-corrected chi connectivity index (χ0v) is 11.0. The molecular weight excluding hydrogens is 212 g/mol. The number of allylic oxidation sites excluding steroid dienone is 1. The van der Waals surface area contributed by atoms with Gasteiger partial charge in [-0.25, -0.2) is 4.98 Å². The average molecular weight is 234 g/mol. The van der Waals surface area contributed by atoms with Gasteiger partial charge in [-0.2, -0.15) is 0 Å². The molecular formula is C13H22N4. The summed E-state index contributed by atoms with van der Waals surface area (Å²) in [5, 5.41) is 0. The molecule has 1 heterocycles. The molecule has 4 nitrogen and oxygen atoms in total. The molecule has 4 N–H and O–H groups in total. The molecule has 0 aliphatic heterocycles. The summed E-state index contributed by atoms with van der Waals surface area (Å²) >= 11 is 0. The Morgan fingerprint density at radius 1 is 1.41 bits per heavy atom. The van der Waals surface area contributed by atoms with E-state index in [1.807, 2.05) is 33.8 Å². The lowest BCUT2D eigenvalue weighted by molar-refractivity contribution is 0.842. The topological polar surface area (TPSA) is 77.3 Å². The molecule has 1 rings (SSSR count). The van der Waals surface area contributed by atoms with Gasteiger partial charge >= 0.3 is 0 Å². The van der Waals surface area contributed by atoms with E-state index in [0.717, 1.165) is 5.56 Å². The van der Waals surface area contributed by atoms with Crippen molar-refractivity contribution in [2.45, 2.75) is 33.7 Å². The Balaban J connectivity index is 0.00000121. The van der Waals surface area contributed by atoms with Gasteiger partial charge in [-0.15, -0.1) is 0 Å². The predicted octanol–water partition coefficient (Wildman–Crippen LogP) is 2.47. The molecule has 0 unspecified atom stereocenters. The summed E-state index contributed by atoms with van der Waals surface area (Å²) in [6.45, 7) is 8.01. The number of rotatable bonds is 3. The van der Waals surface area contributed by atoms with Gasteiger partial charge in [0.15, 0.2) is 0 Å². The van der Waals surface area contributed by atoms with Crippen LogP contribution >= 0.6 is 0 Å². The molecule has 0 spiro atoms. The van der Waals surface area contributed by atoms with Gasteiger partial charge in [0, 0.05) is 29.7 Å². The van der Waals surface area contributed by atoms with Crippen molar-refractivity contribution in [3.05, 3.63) is 30.0 Å². The molecule has 0 saturated carbocycles. The van der Waals surface area contributed by atoms with Gasteiger partial charge in [0.05, 0.1) is 0 Å². The van der Waals surface area contributed by atoms with Gasteiger partial charge in [-0.3, -0.25) is 4.99 Å². The Kier molecular flexibility index (Phi) is 7.43. The third-order valence-electron chi connectivity index (χ3n) is 1.75. The molecule has 1 aromatic heterocycles. The van der Waals surface area contributed by atoms with Crippen LogP contribution in [0, 0.1) is 0 Å². The van der Waals surface area contributed by atoms with E-state index in [9.17, 15) is 0 Å². The molecule has 0 amide bonds. The molecule has 4 heteroatoms. The van der Waals surface area contributed by atoms with E-state index in [-0.39, 0.29) is 6.04 Å². The summed E-state index contributed by atoms with van der Waals surface area (Å²) in [7, 11) is 0. The largest absolute Gasteiger partial charge is 0.398 e. The third kappa shape index (κ3) is 6.35. The molecule has 0 atom stereocenters. The standard InChI is InChI=1S/C11H16N4.C2H6/c1-8(2)14-6-4-10(12)9-3-5-15-11(13)7-9;1-2/h3-8H,12H2,1-2H3,(H2,13,15);1-2H3/b10-4-,14-6?;. The molecule has 17 heavy (non-hydrogen) atoms. The van der Waals surface area contributed by atoms with Gasteiger partial charge < -0.3 is 11.5 Å². The molecule has 0 bridgehead atoms. The number of nitrogen functional groups attached to an aromatic ring is 1. The van der Waals surface area contributed by atoms with Crippen LogP contribution in [0.15, 0.2) is 29.4 Å². The second kappa shape index (κ2) is 8.33. The van der Waals surface area contributed by atoms with E-state index < -0.39 is 0 Å². The van der Waals surface area contributed by atoms with Gasteiger partial charge in [0.25, 0.3) is 0 Å². The van der Waals surface area contributed by atoms with Crippen molar-refractivity contribution in [2.75, 3.05) is 5.73 Å². The van der Waals surface area contributed by atoms with Crippen molar-refractivity contribution in [1.82, 2.24) is 4.98 Å². The number of aromatic nitrogens is 1. The highest BCUT2D eigenvalue weighted by atomic mass is 14.8. The number of nitrogens with zero attached hydrogens (tertiary/aromatic N) is 2. The molecule has 0 aliphatic carbocycles. The Hall–Kier alpha value is -1.84. The lowest BCUT2D eigenvalue weighted by atomic mass is 10.2. The first-order valence-electron chi connectivity index (χ1n) is 5.80. The molecule has 0 aliphatic rings. The van der Waals surface area contributed by atoms with Crippen LogP contribution < -0.4 is 11.5 Å². The first kappa shape index (κ1) is 15.2. The number of nitrogens with two attached hydrogens (primary N) is 2. The first-order chi connectivity index (χ1) is 8.09. The minimum absolute atomic E-state index is 0.275. The quantitative estimate of drug-likeness (QED) is 0.789. The van der Waals surface area contributed by atoms with Crippen LogP contribution in [0.1, 0.15) is 33.3 Å². The van der Waals surface area contributed by atoms with Crippen molar-refractivity contribution in [3.63, 3.8) is 0 Å². The molecule has 0 radical (unpaired) electrons. The fourth-order valence-corrected chi connectivity index (χ4v) is 1.02. The van der Waals surface area contributed by atoms with E-state index in [1.54, 1.807) is 24.6 Å². The Labute approximate surface area is 103 Å². The summed E-state index contributed by atoms with van der Waals surface area (Å²) in [4.78, 5) is 8.08. The van der Waals surface area contributed by atoms with Crippen LogP contribution in [-0.2, 0) is 0 Å². The minimum atomic E-state index is 0.275. The van der Waals surface area contributed by atoms with Gasteiger partial charge in [0.2, 0.25) is 0 Å². The maximum Gasteiger partial charge on any atom is 0.123 e. The highest BCUT2D eigenvalue weighted by Crippen LogP contribution is 2.09. The molecule has 94 valence electrons. The second-order valence-electron chi connectivity index (χ2n) is 3.48. The minimum Gasteiger partial charge on any atom is -0.398 e. The number of anilines is 1. The van der Waals surface area contributed by atoms with Crippen LogP contribution in [0.4, 0.5) is 5.82 Å². The number of pyridine rings is 1. The lowest BCUT2D eigenvalue weighted by Crippen LogP contribution is -1.99. The number of hydrogen-bond donors (Lipinski definition) is 2. The first-order valence-corrected chi connectivity index (χ1v) is 5.80. The molecule has 0 saturated heterocycles. The van der Waals surface area contributed by atoms with Crippen molar-refractivity contribution in [2.24, 2.45) is 10.7 Å². The Bertz CT molecular complexity index is 381. The summed E-state index contributed by atoms with van der Waals surface area (Å²) in [5.41, 5.74) is 12.9. The maximum absolute atomic E-state index is 5.84. The highest BCUT2D eigenvalue weighted by molar-refractivity contribution is 5.83. The molecule has 0 fully saturated rings. The van der Waals surface area contributed by atoms with E-state index in [1.165, 1.54) is 0 Å². The van der Waals surface area contributed by atoms with E-state index in [2.05, 4.69) is 9.98 Å². The van der Waals surface area contributed by atoms with Crippen molar-refractivity contribution in [1.29, 1.82) is 0 Å². The van der Waals surface area contributed by atoms with Crippen molar-refractivity contribution >= 4 is 17.7 Å². The van der Waals surface area contributed by atoms with Crippen molar-refractivity contribution < 1.29 is 0 Å². The molecule has 0 aromatic carbocycles. The number of hydrogen-bond acceptors (Lipinski definition) is 4. The van der Waals surface area contributed by atoms with Crippen LogP contribution in [0.25, 0.3) is 5.70 Å². The maximum atomic E-state index is 5.84. The third-order valence-corrected chi connectivity index (χ3v) is 1.75. The highest BCUT2D eigenvalue weighted by Gasteiger charge is 1.95. The Morgan fingerprint density at radius 3 is 2.59 bits per heavy atom. The zero-order chi connectivity index (χ0) is 13.3. The van der Waals surface area contributed by atoms with Crippen LogP contribution in [0.2, 0.25) is 0 Å². The van der Waals surface area contributed by atoms with Crippen LogP contribution in [-0.4, -0.2) is 17.2 Å². The fraction of sp³-hybridized carbons (Fsp3) is 0.385. The monoisotopic (exact) mass is 234 g/mol. The smallest absolute Gasteiger partial charge is 0.123 e. The summed E-state index contributed by atoms with van der Waals surface area (Å²) in [6.07, 6.45) is 5.09. The Morgan fingerprint density at radius 2 is 2.06 bits per heavy atom. The van der Waals surface area contributed by atoms with E-state index >= 15 is 0 Å². The van der Waals surface area contributed by atoms with Crippen molar-refractivity contribution in [3.8, 4) is 0 Å². The van der Waals surface area contributed by atoms with Gasteiger partial charge in [-0.1, -0.05) is 13.8 Å². The summed E-state index contributed by atoms with van der Waals surface area (Å²) < 4.78 is 0. The average Bonchev–Trinajstić information content (AvgIpc) is 2.31. The normalized spacial score (nSPS) is 11.5. The van der Waals surface area contributed by atoms with Gasteiger partial charge in [-0.05, 0) is 32.1 Å². The molecule has 1 aromatic rings. The fourth-order valence-electron chi connectivity index (χ4n) is 1.02. The van der Waals surface area contributed by atoms with Crippen LogP contribution in [0.5, 0.6) is 0 Å².